The number of carbonyl (C=O) groups is 1. The molecule has 1 saturated heterocycles. The molecule has 1 fully saturated rings. The third-order valence-corrected chi connectivity index (χ3v) is 3.45. The largest absolute Gasteiger partial charge is 0.368 e. The maximum atomic E-state index is 12.4. The van der Waals surface area contributed by atoms with Crippen LogP contribution >= 0.6 is 0 Å². The van der Waals surface area contributed by atoms with E-state index in [9.17, 15) is 4.79 Å². The number of hydrogen-bond donors (Lipinski definition) is 0. The number of carbonyl (C=O) groups excluding carboxylic acids is 1. The number of anilines is 1. The summed E-state index contributed by atoms with van der Waals surface area (Å²) in [4.78, 5) is 24.6. The number of nitrogens with zero attached hydrogens (tertiary/aromatic N) is 5. The highest BCUT2D eigenvalue weighted by Gasteiger charge is 2.30. The van der Waals surface area contributed by atoms with Gasteiger partial charge in [-0.2, -0.15) is 0 Å². The Morgan fingerprint density at radius 1 is 1.36 bits per heavy atom. The molecule has 0 N–H and O–H groups in total. The lowest BCUT2D eigenvalue weighted by Gasteiger charge is -2.33. The highest BCUT2D eigenvalue weighted by atomic mass is 16.5. The average molecular weight is 303 g/mol. The predicted octanol–water partition coefficient (Wildman–Crippen LogP) is 0.744. The van der Waals surface area contributed by atoms with Gasteiger partial charge in [0.1, 0.15) is 18.1 Å². The fourth-order valence-electron chi connectivity index (χ4n) is 2.40. The molecular formula is C14H17N5O3. The van der Waals surface area contributed by atoms with Crippen molar-refractivity contribution in [1.82, 2.24) is 20.0 Å². The first-order valence-corrected chi connectivity index (χ1v) is 6.96. The lowest BCUT2D eigenvalue weighted by Crippen LogP contribution is -2.43. The van der Waals surface area contributed by atoms with Crippen molar-refractivity contribution in [2.24, 2.45) is 0 Å². The van der Waals surface area contributed by atoms with Gasteiger partial charge in [0.25, 0.3) is 5.91 Å². The average Bonchev–Trinajstić information content (AvgIpc) is 3.08. The molecule has 8 nitrogen and oxygen atoms in total. The van der Waals surface area contributed by atoms with E-state index in [0.29, 0.717) is 25.4 Å². The third-order valence-electron chi connectivity index (χ3n) is 3.45. The first-order valence-electron chi connectivity index (χ1n) is 6.96. The van der Waals surface area contributed by atoms with Gasteiger partial charge in [0.15, 0.2) is 11.5 Å². The van der Waals surface area contributed by atoms with Gasteiger partial charge in [0.05, 0.1) is 13.2 Å². The van der Waals surface area contributed by atoms with Crippen LogP contribution in [0.1, 0.15) is 22.3 Å². The van der Waals surface area contributed by atoms with Crippen LogP contribution in [0.25, 0.3) is 0 Å². The Balaban J connectivity index is 1.80. The summed E-state index contributed by atoms with van der Waals surface area (Å²) in [7, 11) is 3.79. The zero-order valence-corrected chi connectivity index (χ0v) is 12.5. The molecule has 116 valence electrons. The van der Waals surface area contributed by atoms with E-state index in [2.05, 4.69) is 15.1 Å². The van der Waals surface area contributed by atoms with E-state index in [0.717, 1.165) is 11.5 Å². The topological polar surface area (TPSA) is 84.6 Å². The smallest absolute Gasteiger partial charge is 0.276 e. The van der Waals surface area contributed by atoms with Crippen LogP contribution in [0, 0.1) is 0 Å². The number of amides is 1. The van der Waals surface area contributed by atoms with Crippen LogP contribution in [-0.4, -0.2) is 59.7 Å². The Kier molecular flexibility index (Phi) is 4.01. The molecule has 22 heavy (non-hydrogen) atoms. The Bertz CT molecular complexity index is 644. The molecule has 3 heterocycles. The molecular weight excluding hydrogens is 286 g/mol. The molecule has 0 spiro atoms. The molecule has 0 bridgehead atoms. The van der Waals surface area contributed by atoms with Crippen molar-refractivity contribution in [3.63, 3.8) is 0 Å². The molecule has 2 aromatic rings. The summed E-state index contributed by atoms with van der Waals surface area (Å²) < 4.78 is 10.5. The van der Waals surface area contributed by atoms with E-state index in [-0.39, 0.29) is 12.0 Å². The first-order chi connectivity index (χ1) is 10.7. The summed E-state index contributed by atoms with van der Waals surface area (Å²) in [6, 6.07) is 1.56. The standard InChI is InChI=1S/C14H17N5O3/c1-18(2)13-12(15-4-5-16-13)11-9-19(6-8-21-11)14(20)10-3-7-22-17-10/h3-5,7,11H,6,8-9H2,1-2H3/t11-/m1/s1. The molecule has 0 unspecified atom stereocenters. The molecule has 0 radical (unpaired) electrons. The highest BCUT2D eigenvalue weighted by Crippen LogP contribution is 2.27. The number of aromatic nitrogens is 3. The van der Waals surface area contributed by atoms with Crippen LogP contribution in [-0.2, 0) is 4.74 Å². The quantitative estimate of drug-likeness (QED) is 0.827. The van der Waals surface area contributed by atoms with Gasteiger partial charge in [0.2, 0.25) is 0 Å². The lowest BCUT2D eigenvalue weighted by atomic mass is 10.2. The van der Waals surface area contributed by atoms with Gasteiger partial charge in [0, 0.05) is 39.1 Å². The second-order valence-electron chi connectivity index (χ2n) is 5.15. The molecule has 2 aromatic heterocycles. The summed E-state index contributed by atoms with van der Waals surface area (Å²) in [5, 5.41) is 3.69. The molecule has 0 aliphatic carbocycles. The van der Waals surface area contributed by atoms with Crippen molar-refractivity contribution in [2.75, 3.05) is 38.7 Å². The summed E-state index contributed by atoms with van der Waals surface area (Å²) in [6.07, 6.45) is 4.35. The summed E-state index contributed by atoms with van der Waals surface area (Å²) >= 11 is 0. The maximum absolute atomic E-state index is 12.4. The van der Waals surface area contributed by atoms with Crippen molar-refractivity contribution >= 4 is 11.7 Å². The summed E-state index contributed by atoms with van der Waals surface area (Å²) in [5.41, 5.74) is 1.03. The predicted molar refractivity (Wildman–Crippen MR) is 77.5 cm³/mol. The van der Waals surface area contributed by atoms with Crippen LogP contribution in [0.2, 0.25) is 0 Å². The first kappa shape index (κ1) is 14.5. The van der Waals surface area contributed by atoms with E-state index in [1.54, 1.807) is 23.4 Å². The molecule has 3 rings (SSSR count). The molecule has 1 aliphatic rings. The Hall–Kier alpha value is -2.48. The summed E-state index contributed by atoms with van der Waals surface area (Å²) in [6.45, 7) is 1.36. The van der Waals surface area contributed by atoms with Gasteiger partial charge in [-0.1, -0.05) is 5.16 Å². The number of ether oxygens (including phenoxy) is 1. The minimum absolute atomic E-state index is 0.169. The fourth-order valence-corrected chi connectivity index (χ4v) is 2.40. The molecule has 0 saturated carbocycles. The zero-order chi connectivity index (χ0) is 15.5. The monoisotopic (exact) mass is 303 g/mol. The molecule has 0 aromatic carbocycles. The van der Waals surface area contributed by atoms with Crippen molar-refractivity contribution < 1.29 is 14.1 Å². The molecule has 8 heteroatoms. The van der Waals surface area contributed by atoms with E-state index in [1.165, 1.54) is 6.26 Å². The second-order valence-corrected chi connectivity index (χ2v) is 5.15. The van der Waals surface area contributed by atoms with Gasteiger partial charge in [-0.15, -0.1) is 0 Å². The van der Waals surface area contributed by atoms with Crippen LogP contribution in [0.15, 0.2) is 29.2 Å². The van der Waals surface area contributed by atoms with Gasteiger partial charge in [-0.05, 0) is 0 Å². The number of rotatable bonds is 3. The normalized spacial score (nSPS) is 18.3. The minimum Gasteiger partial charge on any atom is -0.368 e. The van der Waals surface area contributed by atoms with Crippen molar-refractivity contribution in [2.45, 2.75) is 6.10 Å². The van der Waals surface area contributed by atoms with Crippen molar-refractivity contribution in [3.05, 3.63) is 36.1 Å². The van der Waals surface area contributed by atoms with Gasteiger partial charge >= 0.3 is 0 Å². The van der Waals surface area contributed by atoms with Gasteiger partial charge in [-0.25, -0.2) is 4.98 Å². The SMILES string of the molecule is CN(C)c1nccnc1[C@H]1CN(C(=O)c2ccon2)CCO1. The van der Waals surface area contributed by atoms with Crippen molar-refractivity contribution in [1.29, 1.82) is 0 Å². The Morgan fingerprint density at radius 2 is 2.18 bits per heavy atom. The van der Waals surface area contributed by atoms with E-state index < -0.39 is 0 Å². The number of hydrogen-bond acceptors (Lipinski definition) is 7. The van der Waals surface area contributed by atoms with Crippen LogP contribution < -0.4 is 4.90 Å². The number of morpholine rings is 1. The third kappa shape index (κ3) is 2.77. The Morgan fingerprint density at radius 3 is 2.91 bits per heavy atom. The minimum atomic E-state index is -0.310. The summed E-state index contributed by atoms with van der Waals surface area (Å²) in [5.74, 6) is 0.570. The molecule has 1 atom stereocenters. The molecule has 1 aliphatic heterocycles. The molecule has 1 amide bonds. The van der Waals surface area contributed by atoms with Gasteiger partial charge < -0.3 is 19.1 Å². The van der Waals surface area contributed by atoms with Crippen molar-refractivity contribution in [3.8, 4) is 0 Å². The lowest BCUT2D eigenvalue weighted by molar-refractivity contribution is -0.0249. The Labute approximate surface area is 127 Å². The van der Waals surface area contributed by atoms with Gasteiger partial charge in [-0.3, -0.25) is 9.78 Å². The maximum Gasteiger partial charge on any atom is 0.276 e. The van der Waals surface area contributed by atoms with E-state index in [4.69, 9.17) is 9.26 Å². The highest BCUT2D eigenvalue weighted by molar-refractivity contribution is 5.92. The van der Waals surface area contributed by atoms with E-state index >= 15 is 0 Å². The second kappa shape index (κ2) is 6.10. The van der Waals surface area contributed by atoms with Crippen LogP contribution in [0.3, 0.4) is 0 Å². The van der Waals surface area contributed by atoms with E-state index in [1.807, 2.05) is 19.0 Å². The zero-order valence-electron chi connectivity index (χ0n) is 12.5. The van der Waals surface area contributed by atoms with Crippen LogP contribution in [0.4, 0.5) is 5.82 Å². The van der Waals surface area contributed by atoms with Crippen LogP contribution in [0.5, 0.6) is 0 Å². The fraction of sp³-hybridized carbons (Fsp3) is 0.429.